The number of rotatable bonds is 3. The second-order valence-corrected chi connectivity index (χ2v) is 7.40. The molecule has 3 N–H and O–H groups in total. The Morgan fingerprint density at radius 1 is 1.38 bits per heavy atom. The molecule has 0 saturated carbocycles. The lowest BCUT2D eigenvalue weighted by Gasteiger charge is -2.31. The number of carbonyl (C=O) groups excluding carboxylic acids is 1. The van der Waals surface area contributed by atoms with E-state index in [2.05, 4.69) is 5.32 Å². The Labute approximate surface area is 123 Å². The quantitative estimate of drug-likeness (QED) is 0.791. The molecule has 1 aliphatic rings. The first-order chi connectivity index (χ1) is 9.78. The number of benzene rings is 1. The summed E-state index contributed by atoms with van der Waals surface area (Å²) < 4.78 is 36.3. The summed E-state index contributed by atoms with van der Waals surface area (Å²) in [5.41, 5.74) is 5.93. The molecule has 1 fully saturated rings. The van der Waals surface area contributed by atoms with Crippen LogP contribution in [-0.4, -0.2) is 49.9 Å². The number of nitrogen functional groups attached to an aromatic ring is 1. The van der Waals surface area contributed by atoms with Crippen LogP contribution in [0.3, 0.4) is 0 Å². The third-order valence-electron chi connectivity index (χ3n) is 3.55. The van der Waals surface area contributed by atoms with Crippen molar-refractivity contribution in [3.8, 4) is 0 Å². The van der Waals surface area contributed by atoms with E-state index in [0.717, 1.165) is 0 Å². The number of nitrogens with zero attached hydrogens (tertiary/aromatic N) is 1. The maximum atomic E-state index is 13.6. The predicted octanol–water partition coefficient (Wildman–Crippen LogP) is 0.465. The smallest absolute Gasteiger partial charge is 0.241 e. The number of nitrogens with two attached hydrogens (primary N) is 1. The molecule has 0 spiro atoms. The Bertz CT molecular complexity index is 634. The monoisotopic (exact) mass is 315 g/mol. The number of carbonyl (C=O) groups is 1. The highest BCUT2D eigenvalue weighted by Gasteiger charge is 2.28. The van der Waals surface area contributed by atoms with Gasteiger partial charge in [-0.05, 0) is 25.1 Å². The summed E-state index contributed by atoms with van der Waals surface area (Å²) in [5, 5.41) is 2.48. The van der Waals surface area contributed by atoms with Gasteiger partial charge in [-0.15, -0.1) is 0 Å². The molecule has 0 aliphatic carbocycles. The minimum atomic E-state index is -3.00. The number of amides is 1. The van der Waals surface area contributed by atoms with Crippen molar-refractivity contribution >= 4 is 27.1 Å². The van der Waals surface area contributed by atoms with Crippen LogP contribution in [0.15, 0.2) is 18.2 Å². The summed E-state index contributed by atoms with van der Waals surface area (Å²) in [6.07, 6.45) is 0. The van der Waals surface area contributed by atoms with E-state index >= 15 is 0 Å². The summed E-state index contributed by atoms with van der Waals surface area (Å²) in [5.74, 6) is -0.876. The summed E-state index contributed by atoms with van der Waals surface area (Å²) in [6.45, 7) is 2.27. The van der Waals surface area contributed by atoms with Gasteiger partial charge >= 0.3 is 0 Å². The summed E-state index contributed by atoms with van der Waals surface area (Å²) >= 11 is 0. The molecular formula is C13H18FN3O3S. The summed E-state index contributed by atoms with van der Waals surface area (Å²) in [4.78, 5) is 13.9. The van der Waals surface area contributed by atoms with E-state index in [0.29, 0.717) is 18.8 Å². The minimum Gasteiger partial charge on any atom is -0.399 e. The SMILES string of the molecule is CC(C(=O)Nc1cc(N)ccc1F)N1CCS(=O)(=O)CC1. The van der Waals surface area contributed by atoms with Crippen LogP contribution in [0.25, 0.3) is 0 Å². The zero-order valence-corrected chi connectivity index (χ0v) is 12.5. The standard InChI is InChI=1S/C13H18FN3O3S/c1-9(17-4-6-21(19,20)7-5-17)13(18)16-12-8-10(15)2-3-11(12)14/h2-3,8-9H,4-7,15H2,1H3,(H,16,18). The lowest BCUT2D eigenvalue weighted by molar-refractivity contribution is -0.120. The summed E-state index contributed by atoms with van der Waals surface area (Å²) in [6, 6.07) is 3.40. The highest BCUT2D eigenvalue weighted by molar-refractivity contribution is 7.91. The van der Waals surface area contributed by atoms with E-state index in [9.17, 15) is 17.6 Å². The molecule has 6 nitrogen and oxygen atoms in total. The van der Waals surface area contributed by atoms with Crippen molar-refractivity contribution in [1.82, 2.24) is 4.90 Å². The van der Waals surface area contributed by atoms with Gasteiger partial charge in [-0.2, -0.15) is 0 Å². The first-order valence-electron chi connectivity index (χ1n) is 6.59. The molecular weight excluding hydrogens is 297 g/mol. The normalized spacial score (nSPS) is 19.9. The lowest BCUT2D eigenvalue weighted by atomic mass is 10.2. The van der Waals surface area contributed by atoms with E-state index in [1.54, 1.807) is 11.8 Å². The van der Waals surface area contributed by atoms with Gasteiger partial charge in [-0.25, -0.2) is 12.8 Å². The number of sulfone groups is 1. The Morgan fingerprint density at radius 3 is 2.62 bits per heavy atom. The Hall–Kier alpha value is -1.67. The van der Waals surface area contributed by atoms with Crippen LogP contribution in [0.5, 0.6) is 0 Å². The zero-order valence-electron chi connectivity index (χ0n) is 11.7. The van der Waals surface area contributed by atoms with E-state index in [1.807, 2.05) is 0 Å². The number of hydrogen-bond donors (Lipinski definition) is 2. The molecule has 2 rings (SSSR count). The Morgan fingerprint density at radius 2 is 2.00 bits per heavy atom. The van der Waals surface area contributed by atoms with Gasteiger partial charge in [0.2, 0.25) is 5.91 Å². The van der Waals surface area contributed by atoms with Crippen LogP contribution in [0.2, 0.25) is 0 Å². The molecule has 1 heterocycles. The largest absolute Gasteiger partial charge is 0.399 e. The van der Waals surface area contributed by atoms with Crippen molar-refractivity contribution in [2.75, 3.05) is 35.6 Å². The van der Waals surface area contributed by atoms with Crippen LogP contribution in [0, 0.1) is 5.82 Å². The molecule has 0 bridgehead atoms. The molecule has 1 unspecified atom stereocenters. The highest BCUT2D eigenvalue weighted by Crippen LogP contribution is 2.18. The van der Waals surface area contributed by atoms with Crippen LogP contribution in [0.1, 0.15) is 6.92 Å². The first kappa shape index (κ1) is 15.7. The van der Waals surface area contributed by atoms with Crippen molar-refractivity contribution in [3.05, 3.63) is 24.0 Å². The van der Waals surface area contributed by atoms with Gasteiger partial charge in [0.05, 0.1) is 23.2 Å². The fourth-order valence-electron chi connectivity index (χ4n) is 2.16. The molecule has 0 aromatic heterocycles. The number of hydrogen-bond acceptors (Lipinski definition) is 5. The van der Waals surface area contributed by atoms with Gasteiger partial charge in [0.1, 0.15) is 5.82 Å². The fourth-order valence-corrected chi connectivity index (χ4v) is 3.39. The van der Waals surface area contributed by atoms with Crippen LogP contribution >= 0.6 is 0 Å². The average molecular weight is 315 g/mol. The molecule has 1 atom stereocenters. The Kier molecular flexibility index (Phi) is 4.48. The maximum absolute atomic E-state index is 13.6. The molecule has 1 aromatic carbocycles. The van der Waals surface area contributed by atoms with Crippen molar-refractivity contribution in [2.24, 2.45) is 0 Å². The van der Waals surface area contributed by atoms with Crippen molar-refractivity contribution in [3.63, 3.8) is 0 Å². The average Bonchev–Trinajstić information content (AvgIpc) is 2.42. The molecule has 8 heteroatoms. The van der Waals surface area contributed by atoms with Crippen molar-refractivity contribution in [1.29, 1.82) is 0 Å². The fraction of sp³-hybridized carbons (Fsp3) is 0.462. The molecule has 0 radical (unpaired) electrons. The molecule has 1 amide bonds. The van der Waals surface area contributed by atoms with Crippen molar-refractivity contribution in [2.45, 2.75) is 13.0 Å². The topological polar surface area (TPSA) is 92.5 Å². The molecule has 21 heavy (non-hydrogen) atoms. The van der Waals surface area contributed by atoms with Crippen molar-refractivity contribution < 1.29 is 17.6 Å². The Balaban J connectivity index is 2.01. The maximum Gasteiger partial charge on any atom is 0.241 e. The van der Waals surface area contributed by atoms with E-state index < -0.39 is 27.6 Å². The van der Waals surface area contributed by atoms with Crippen LogP contribution in [0.4, 0.5) is 15.8 Å². The van der Waals surface area contributed by atoms with Gasteiger partial charge in [0.25, 0.3) is 0 Å². The molecule has 1 aromatic rings. The summed E-state index contributed by atoms with van der Waals surface area (Å²) in [7, 11) is -3.00. The second-order valence-electron chi connectivity index (χ2n) is 5.09. The minimum absolute atomic E-state index is 0.0245. The third-order valence-corrected chi connectivity index (χ3v) is 5.16. The predicted molar refractivity (Wildman–Crippen MR) is 79.1 cm³/mol. The zero-order chi connectivity index (χ0) is 15.6. The number of anilines is 2. The third kappa shape index (κ3) is 3.92. The lowest BCUT2D eigenvalue weighted by Crippen LogP contribution is -2.49. The second kappa shape index (κ2) is 5.98. The van der Waals surface area contributed by atoms with Gasteiger partial charge in [-0.3, -0.25) is 9.69 Å². The molecule has 1 saturated heterocycles. The first-order valence-corrected chi connectivity index (χ1v) is 8.41. The van der Waals surface area contributed by atoms with Gasteiger partial charge < -0.3 is 11.1 Å². The molecule has 116 valence electrons. The van der Waals surface area contributed by atoms with E-state index in [4.69, 9.17) is 5.73 Å². The van der Waals surface area contributed by atoms with E-state index in [-0.39, 0.29) is 17.2 Å². The highest BCUT2D eigenvalue weighted by atomic mass is 32.2. The van der Waals surface area contributed by atoms with E-state index in [1.165, 1.54) is 18.2 Å². The van der Waals surface area contributed by atoms with Gasteiger partial charge in [0.15, 0.2) is 9.84 Å². The number of halogens is 1. The van der Waals surface area contributed by atoms with Gasteiger partial charge in [-0.1, -0.05) is 0 Å². The van der Waals surface area contributed by atoms with Crippen LogP contribution in [-0.2, 0) is 14.6 Å². The van der Waals surface area contributed by atoms with Gasteiger partial charge in [0, 0.05) is 18.8 Å². The van der Waals surface area contributed by atoms with Crippen LogP contribution < -0.4 is 11.1 Å². The molecule has 1 aliphatic heterocycles. The number of nitrogens with one attached hydrogen (secondary N) is 1.